The summed E-state index contributed by atoms with van der Waals surface area (Å²) in [6.45, 7) is 0. The molecule has 3 rings (SSSR count). The molecule has 1 aliphatic carbocycles. The molecule has 0 bridgehead atoms. The van der Waals surface area contributed by atoms with E-state index in [0.29, 0.717) is 11.0 Å². The number of amides is 1. The summed E-state index contributed by atoms with van der Waals surface area (Å²) in [7, 11) is 1.60. The van der Waals surface area contributed by atoms with Crippen LogP contribution in [0.15, 0.2) is 30.3 Å². The van der Waals surface area contributed by atoms with Crippen LogP contribution in [0.3, 0.4) is 0 Å². The van der Waals surface area contributed by atoms with E-state index in [1.807, 2.05) is 24.3 Å². The summed E-state index contributed by atoms with van der Waals surface area (Å²) >= 11 is 1.45. The Morgan fingerprint density at radius 2 is 2.19 bits per heavy atom. The SMILES string of the molecule is COc1ccccc1C=CC(=O)Nc1nnc(C2CC2)s1. The van der Waals surface area contributed by atoms with Crippen LogP contribution in [0.2, 0.25) is 0 Å². The Balaban J connectivity index is 1.63. The molecule has 1 aliphatic rings. The molecule has 1 N–H and O–H groups in total. The fourth-order valence-corrected chi connectivity index (χ4v) is 2.81. The van der Waals surface area contributed by atoms with Gasteiger partial charge < -0.3 is 4.74 Å². The lowest BCUT2D eigenvalue weighted by molar-refractivity contribution is -0.111. The molecule has 0 saturated heterocycles. The number of nitrogens with zero attached hydrogens (tertiary/aromatic N) is 2. The highest BCUT2D eigenvalue weighted by Crippen LogP contribution is 2.42. The van der Waals surface area contributed by atoms with Crippen LogP contribution in [0.25, 0.3) is 6.08 Å². The maximum absolute atomic E-state index is 11.9. The number of aromatic nitrogens is 2. The largest absolute Gasteiger partial charge is 0.496 e. The molecule has 1 amide bonds. The second kappa shape index (κ2) is 6.05. The number of ether oxygens (including phenoxy) is 1. The third kappa shape index (κ3) is 3.46. The Labute approximate surface area is 126 Å². The Morgan fingerprint density at radius 3 is 2.95 bits per heavy atom. The minimum absolute atomic E-state index is 0.223. The lowest BCUT2D eigenvalue weighted by atomic mass is 10.2. The van der Waals surface area contributed by atoms with Gasteiger partial charge in [-0.25, -0.2) is 0 Å². The topological polar surface area (TPSA) is 64.1 Å². The summed E-state index contributed by atoms with van der Waals surface area (Å²) < 4.78 is 5.23. The molecule has 0 unspecified atom stereocenters. The van der Waals surface area contributed by atoms with E-state index >= 15 is 0 Å². The minimum Gasteiger partial charge on any atom is -0.496 e. The van der Waals surface area contributed by atoms with Crippen LogP contribution in [0.1, 0.15) is 29.3 Å². The maximum Gasteiger partial charge on any atom is 0.250 e. The van der Waals surface area contributed by atoms with Crippen molar-refractivity contribution >= 4 is 28.5 Å². The van der Waals surface area contributed by atoms with Crippen LogP contribution in [0.5, 0.6) is 5.75 Å². The molecule has 0 radical (unpaired) electrons. The number of carbonyl (C=O) groups is 1. The number of methoxy groups -OCH3 is 1. The molecule has 0 aliphatic heterocycles. The van der Waals surface area contributed by atoms with Crippen LogP contribution in [-0.4, -0.2) is 23.2 Å². The van der Waals surface area contributed by atoms with E-state index in [2.05, 4.69) is 15.5 Å². The Bertz CT molecular complexity index is 677. The van der Waals surface area contributed by atoms with Crippen LogP contribution in [0, 0.1) is 0 Å². The first-order valence-corrected chi connectivity index (χ1v) is 7.53. The molecule has 6 heteroatoms. The normalized spacial score (nSPS) is 14.3. The maximum atomic E-state index is 11.9. The predicted molar refractivity (Wildman–Crippen MR) is 82.5 cm³/mol. The van der Waals surface area contributed by atoms with Gasteiger partial charge in [-0.3, -0.25) is 10.1 Å². The van der Waals surface area contributed by atoms with E-state index in [4.69, 9.17) is 4.74 Å². The van der Waals surface area contributed by atoms with E-state index < -0.39 is 0 Å². The molecular formula is C15H15N3O2S. The average molecular weight is 301 g/mol. The Morgan fingerprint density at radius 1 is 1.38 bits per heavy atom. The minimum atomic E-state index is -0.223. The van der Waals surface area contributed by atoms with Crippen molar-refractivity contribution in [3.8, 4) is 5.75 Å². The quantitative estimate of drug-likeness (QED) is 0.862. The van der Waals surface area contributed by atoms with Crippen molar-refractivity contribution < 1.29 is 9.53 Å². The summed E-state index contributed by atoms with van der Waals surface area (Å²) in [4.78, 5) is 11.9. The molecule has 5 nitrogen and oxygen atoms in total. The second-order valence-corrected chi connectivity index (χ2v) is 5.79. The Hall–Kier alpha value is -2.21. The Kier molecular flexibility index (Phi) is 3.96. The van der Waals surface area contributed by atoms with Crippen molar-refractivity contribution in [3.05, 3.63) is 40.9 Å². The molecule has 1 heterocycles. The average Bonchev–Trinajstić information content (AvgIpc) is 3.26. The number of hydrogen-bond acceptors (Lipinski definition) is 5. The van der Waals surface area contributed by atoms with Gasteiger partial charge in [0, 0.05) is 17.6 Å². The first-order valence-electron chi connectivity index (χ1n) is 6.72. The van der Waals surface area contributed by atoms with Gasteiger partial charge in [0.2, 0.25) is 11.0 Å². The third-order valence-corrected chi connectivity index (χ3v) is 4.15. The van der Waals surface area contributed by atoms with Crippen molar-refractivity contribution in [1.29, 1.82) is 0 Å². The van der Waals surface area contributed by atoms with Gasteiger partial charge in [-0.2, -0.15) is 0 Å². The second-order valence-electron chi connectivity index (χ2n) is 4.78. The molecule has 2 aromatic rings. The molecule has 1 fully saturated rings. The van der Waals surface area contributed by atoms with Gasteiger partial charge >= 0.3 is 0 Å². The van der Waals surface area contributed by atoms with Crippen molar-refractivity contribution in [3.63, 3.8) is 0 Å². The summed E-state index contributed by atoms with van der Waals surface area (Å²) in [5.74, 6) is 1.06. The van der Waals surface area contributed by atoms with Gasteiger partial charge in [-0.1, -0.05) is 29.5 Å². The van der Waals surface area contributed by atoms with Crippen LogP contribution in [0.4, 0.5) is 5.13 Å². The predicted octanol–water partition coefficient (Wildman–Crippen LogP) is 3.08. The molecule has 0 atom stereocenters. The van der Waals surface area contributed by atoms with Gasteiger partial charge in [0.15, 0.2) is 0 Å². The van der Waals surface area contributed by atoms with Crippen molar-refractivity contribution in [2.75, 3.05) is 12.4 Å². The van der Waals surface area contributed by atoms with Gasteiger partial charge in [0.25, 0.3) is 0 Å². The fourth-order valence-electron chi connectivity index (χ4n) is 1.90. The smallest absolute Gasteiger partial charge is 0.250 e. The molecule has 1 saturated carbocycles. The number of para-hydroxylation sites is 1. The zero-order valence-corrected chi connectivity index (χ0v) is 12.4. The fraction of sp³-hybridized carbons (Fsp3) is 0.267. The molecular weight excluding hydrogens is 286 g/mol. The standard InChI is InChI=1S/C15H15N3O2S/c1-20-12-5-3-2-4-10(12)8-9-13(19)16-15-18-17-14(21-15)11-6-7-11/h2-5,8-9,11H,6-7H2,1H3,(H,16,18,19). The highest BCUT2D eigenvalue weighted by atomic mass is 32.1. The first kappa shape index (κ1) is 13.8. The lowest BCUT2D eigenvalue weighted by Crippen LogP contribution is -2.07. The number of benzene rings is 1. The zero-order valence-electron chi connectivity index (χ0n) is 11.6. The number of rotatable bonds is 5. The lowest BCUT2D eigenvalue weighted by Gasteiger charge is -2.03. The number of carbonyl (C=O) groups excluding carboxylic acids is 1. The van der Waals surface area contributed by atoms with Gasteiger partial charge in [0.1, 0.15) is 10.8 Å². The monoisotopic (exact) mass is 301 g/mol. The van der Waals surface area contributed by atoms with E-state index in [1.165, 1.54) is 30.3 Å². The molecule has 0 spiro atoms. The zero-order chi connectivity index (χ0) is 14.7. The van der Waals surface area contributed by atoms with Crippen LogP contribution < -0.4 is 10.1 Å². The van der Waals surface area contributed by atoms with Crippen molar-refractivity contribution in [2.24, 2.45) is 0 Å². The van der Waals surface area contributed by atoms with Crippen LogP contribution in [-0.2, 0) is 4.79 Å². The summed E-state index contributed by atoms with van der Waals surface area (Å²) in [5.41, 5.74) is 0.853. The number of hydrogen-bond donors (Lipinski definition) is 1. The van der Waals surface area contributed by atoms with Gasteiger partial charge in [-0.05, 0) is 25.0 Å². The third-order valence-electron chi connectivity index (χ3n) is 3.15. The molecule has 21 heavy (non-hydrogen) atoms. The van der Waals surface area contributed by atoms with E-state index in [-0.39, 0.29) is 5.91 Å². The van der Waals surface area contributed by atoms with Crippen LogP contribution >= 0.6 is 11.3 Å². The van der Waals surface area contributed by atoms with Crippen molar-refractivity contribution in [2.45, 2.75) is 18.8 Å². The summed E-state index contributed by atoms with van der Waals surface area (Å²) in [6, 6.07) is 7.52. The van der Waals surface area contributed by atoms with Gasteiger partial charge in [-0.15, -0.1) is 10.2 Å². The molecule has 1 aromatic carbocycles. The van der Waals surface area contributed by atoms with Crippen molar-refractivity contribution in [1.82, 2.24) is 10.2 Å². The summed E-state index contributed by atoms with van der Waals surface area (Å²) in [5, 5.41) is 12.4. The molecule has 108 valence electrons. The first-order chi connectivity index (χ1) is 10.3. The van der Waals surface area contributed by atoms with Gasteiger partial charge in [0.05, 0.1) is 7.11 Å². The highest BCUT2D eigenvalue weighted by Gasteiger charge is 2.27. The number of nitrogens with one attached hydrogen (secondary N) is 1. The highest BCUT2D eigenvalue weighted by molar-refractivity contribution is 7.15. The summed E-state index contributed by atoms with van der Waals surface area (Å²) in [6.07, 6.45) is 5.54. The number of anilines is 1. The van der Waals surface area contributed by atoms with E-state index in [9.17, 15) is 4.79 Å². The van der Waals surface area contributed by atoms with E-state index in [0.717, 1.165) is 16.3 Å². The molecule has 1 aromatic heterocycles. The van der Waals surface area contributed by atoms with E-state index in [1.54, 1.807) is 13.2 Å².